The van der Waals surface area contributed by atoms with Gasteiger partial charge in [0.2, 0.25) is 0 Å². The highest BCUT2D eigenvalue weighted by Gasteiger charge is 2.10. The summed E-state index contributed by atoms with van der Waals surface area (Å²) in [5.74, 6) is -0.355. The van der Waals surface area contributed by atoms with E-state index >= 15 is 0 Å². The van der Waals surface area contributed by atoms with E-state index in [4.69, 9.17) is 0 Å². The van der Waals surface area contributed by atoms with Crippen LogP contribution in [0.15, 0.2) is 36.4 Å². The van der Waals surface area contributed by atoms with Crippen molar-refractivity contribution in [3.63, 3.8) is 0 Å². The largest absolute Gasteiger partial charge is 0.288 e. The third kappa shape index (κ3) is 1.83. The molecule has 0 aliphatic rings. The molecule has 0 unspecified atom stereocenters. The van der Waals surface area contributed by atoms with Crippen LogP contribution >= 0.6 is 11.3 Å². The summed E-state index contributed by atoms with van der Waals surface area (Å²) >= 11 is 1.37. The first-order valence-electron chi connectivity index (χ1n) is 4.47. The zero-order valence-electron chi connectivity index (χ0n) is 8.21. The number of allylic oxidation sites excluding steroid dienone is 1. The molecule has 0 aliphatic carbocycles. The number of carbonyl (C=O) groups excluding carboxylic acids is 1. The SMILES string of the molecule is C=C(C)C(=O)c1cc2cc(F)ccc2s1. The van der Waals surface area contributed by atoms with E-state index in [9.17, 15) is 9.18 Å². The fraction of sp³-hybridized carbons (Fsp3) is 0.0833. The standard InChI is InChI=1S/C12H9FOS/c1-7(2)12(14)11-6-8-5-9(13)3-4-10(8)15-11/h3-6H,1H2,2H3. The smallest absolute Gasteiger partial charge is 0.198 e. The van der Waals surface area contributed by atoms with Crippen LogP contribution in [0.2, 0.25) is 0 Å². The molecule has 15 heavy (non-hydrogen) atoms. The van der Waals surface area contributed by atoms with Crippen molar-refractivity contribution in [1.82, 2.24) is 0 Å². The minimum atomic E-state index is -0.283. The Labute approximate surface area is 90.9 Å². The minimum Gasteiger partial charge on any atom is -0.288 e. The fourth-order valence-electron chi connectivity index (χ4n) is 1.34. The van der Waals surface area contributed by atoms with Crippen LogP contribution in [0.25, 0.3) is 10.1 Å². The van der Waals surface area contributed by atoms with Crippen molar-refractivity contribution in [2.45, 2.75) is 6.92 Å². The second-order valence-corrected chi connectivity index (χ2v) is 4.49. The van der Waals surface area contributed by atoms with Gasteiger partial charge < -0.3 is 0 Å². The Morgan fingerprint density at radius 1 is 1.40 bits per heavy atom. The van der Waals surface area contributed by atoms with Gasteiger partial charge >= 0.3 is 0 Å². The molecule has 1 aromatic carbocycles. The first-order chi connectivity index (χ1) is 7.08. The second kappa shape index (κ2) is 3.59. The third-order valence-electron chi connectivity index (χ3n) is 2.09. The molecule has 0 saturated heterocycles. The monoisotopic (exact) mass is 220 g/mol. The van der Waals surface area contributed by atoms with Gasteiger partial charge in [0.15, 0.2) is 5.78 Å². The first kappa shape index (κ1) is 10.1. The molecule has 0 atom stereocenters. The lowest BCUT2D eigenvalue weighted by Crippen LogP contribution is -1.94. The van der Waals surface area contributed by atoms with Crippen LogP contribution in [0.1, 0.15) is 16.6 Å². The summed E-state index contributed by atoms with van der Waals surface area (Å²) in [6.45, 7) is 5.28. The number of carbonyl (C=O) groups is 1. The van der Waals surface area contributed by atoms with Gasteiger partial charge in [-0.05, 0) is 42.1 Å². The van der Waals surface area contributed by atoms with Crippen LogP contribution in [0.3, 0.4) is 0 Å². The Hall–Kier alpha value is -1.48. The number of rotatable bonds is 2. The van der Waals surface area contributed by atoms with Crippen molar-refractivity contribution in [3.05, 3.63) is 47.1 Å². The van der Waals surface area contributed by atoms with Gasteiger partial charge in [0.1, 0.15) is 5.82 Å². The summed E-state index contributed by atoms with van der Waals surface area (Å²) in [4.78, 5) is 12.2. The van der Waals surface area contributed by atoms with Crippen LogP contribution < -0.4 is 0 Å². The lowest BCUT2D eigenvalue weighted by molar-refractivity contribution is 0.103. The van der Waals surface area contributed by atoms with Crippen molar-refractivity contribution >= 4 is 27.2 Å². The average Bonchev–Trinajstić information content (AvgIpc) is 2.58. The maximum atomic E-state index is 12.9. The summed E-state index contributed by atoms with van der Waals surface area (Å²) in [6, 6.07) is 6.22. The van der Waals surface area contributed by atoms with E-state index < -0.39 is 0 Å². The molecule has 76 valence electrons. The lowest BCUT2D eigenvalue weighted by atomic mass is 10.1. The molecule has 0 saturated carbocycles. The van der Waals surface area contributed by atoms with Gasteiger partial charge in [-0.3, -0.25) is 4.79 Å². The predicted molar refractivity (Wildman–Crippen MR) is 60.9 cm³/mol. The lowest BCUT2D eigenvalue weighted by Gasteiger charge is -1.91. The van der Waals surface area contributed by atoms with Crippen LogP contribution in [0.5, 0.6) is 0 Å². The Balaban J connectivity index is 2.56. The van der Waals surface area contributed by atoms with E-state index in [-0.39, 0.29) is 11.6 Å². The highest BCUT2D eigenvalue weighted by Crippen LogP contribution is 2.27. The number of fused-ring (bicyclic) bond motifs is 1. The molecule has 1 nitrogen and oxygen atoms in total. The molecule has 2 rings (SSSR count). The molecule has 1 aromatic heterocycles. The number of hydrogen-bond acceptors (Lipinski definition) is 2. The summed E-state index contributed by atoms with van der Waals surface area (Å²) in [7, 11) is 0. The number of halogens is 1. The Bertz CT molecular complexity index is 554. The van der Waals surface area contributed by atoms with Crippen molar-refractivity contribution in [2.75, 3.05) is 0 Å². The molecular weight excluding hydrogens is 211 g/mol. The van der Waals surface area contributed by atoms with E-state index in [0.717, 1.165) is 10.1 Å². The first-order valence-corrected chi connectivity index (χ1v) is 5.29. The van der Waals surface area contributed by atoms with Crippen molar-refractivity contribution < 1.29 is 9.18 Å². The Morgan fingerprint density at radius 3 is 2.80 bits per heavy atom. The summed E-state index contributed by atoms with van der Waals surface area (Å²) in [5.41, 5.74) is 0.502. The van der Waals surface area contributed by atoms with Gasteiger partial charge in [0.25, 0.3) is 0 Å². The van der Waals surface area contributed by atoms with Crippen LogP contribution in [0.4, 0.5) is 4.39 Å². The van der Waals surface area contributed by atoms with Crippen LogP contribution in [-0.4, -0.2) is 5.78 Å². The molecule has 0 spiro atoms. The normalized spacial score (nSPS) is 10.5. The summed E-state index contributed by atoms with van der Waals surface area (Å²) < 4.78 is 13.8. The van der Waals surface area contributed by atoms with Crippen molar-refractivity contribution in [2.24, 2.45) is 0 Å². The predicted octanol–water partition coefficient (Wildman–Crippen LogP) is 3.80. The molecule has 2 aromatic rings. The molecular formula is C12H9FOS. The highest BCUT2D eigenvalue weighted by molar-refractivity contribution is 7.21. The van der Waals surface area contributed by atoms with Crippen molar-refractivity contribution in [3.8, 4) is 0 Å². The number of thiophene rings is 1. The third-order valence-corrected chi connectivity index (χ3v) is 3.20. The zero-order valence-corrected chi connectivity index (χ0v) is 9.03. The highest BCUT2D eigenvalue weighted by atomic mass is 32.1. The van der Waals surface area contributed by atoms with E-state index in [1.807, 2.05) is 0 Å². The second-order valence-electron chi connectivity index (χ2n) is 3.40. The fourth-order valence-corrected chi connectivity index (χ4v) is 2.40. The molecule has 0 radical (unpaired) electrons. The van der Waals surface area contributed by atoms with Gasteiger partial charge in [-0.25, -0.2) is 4.39 Å². The average molecular weight is 220 g/mol. The molecule has 0 fully saturated rings. The maximum Gasteiger partial charge on any atom is 0.198 e. The molecule has 0 amide bonds. The number of hydrogen-bond donors (Lipinski definition) is 0. The van der Waals surface area contributed by atoms with Crippen molar-refractivity contribution in [1.29, 1.82) is 0 Å². The van der Waals surface area contributed by atoms with E-state index in [0.29, 0.717) is 10.5 Å². The molecule has 0 bridgehead atoms. The quantitative estimate of drug-likeness (QED) is 0.555. The van der Waals surface area contributed by atoms with Crippen LogP contribution in [-0.2, 0) is 0 Å². The Kier molecular flexibility index (Phi) is 2.40. The maximum absolute atomic E-state index is 12.9. The van der Waals surface area contributed by atoms with Crippen LogP contribution in [0, 0.1) is 5.82 Å². The van der Waals surface area contributed by atoms with Gasteiger partial charge in [0, 0.05) is 4.70 Å². The van der Waals surface area contributed by atoms with Gasteiger partial charge in [-0.2, -0.15) is 0 Å². The molecule has 0 N–H and O–H groups in total. The topological polar surface area (TPSA) is 17.1 Å². The van der Waals surface area contributed by atoms with E-state index in [2.05, 4.69) is 6.58 Å². The summed E-state index contributed by atoms with van der Waals surface area (Å²) in [6.07, 6.45) is 0. The number of Topliss-reactive ketones (excluding diaryl/α,β-unsaturated/α-hetero) is 1. The van der Waals surface area contributed by atoms with Gasteiger partial charge in [0.05, 0.1) is 4.88 Å². The summed E-state index contributed by atoms with van der Waals surface area (Å²) in [5, 5.41) is 0.768. The number of ketones is 1. The molecule has 0 aliphatic heterocycles. The zero-order chi connectivity index (χ0) is 11.0. The van der Waals surface area contributed by atoms with Gasteiger partial charge in [-0.15, -0.1) is 11.3 Å². The van der Waals surface area contributed by atoms with E-state index in [1.165, 1.54) is 23.5 Å². The van der Waals surface area contributed by atoms with E-state index in [1.54, 1.807) is 19.1 Å². The molecule has 1 heterocycles. The molecule has 3 heteroatoms. The Morgan fingerprint density at radius 2 is 2.13 bits per heavy atom. The minimum absolute atomic E-state index is 0.0726. The van der Waals surface area contributed by atoms with Gasteiger partial charge in [-0.1, -0.05) is 6.58 Å². The number of benzene rings is 1.